The number of anilines is 1. The summed E-state index contributed by atoms with van der Waals surface area (Å²) in [4.78, 5) is 2.41. The van der Waals surface area contributed by atoms with Gasteiger partial charge in [0.15, 0.2) is 0 Å². The van der Waals surface area contributed by atoms with Crippen molar-refractivity contribution in [1.82, 2.24) is 5.32 Å². The van der Waals surface area contributed by atoms with Crippen LogP contribution in [-0.2, 0) is 11.3 Å². The van der Waals surface area contributed by atoms with Gasteiger partial charge in [0.1, 0.15) is 0 Å². The highest BCUT2D eigenvalue weighted by atomic mass is 35.5. The number of nitrogens with zero attached hydrogens (tertiary/aromatic N) is 1. The topological polar surface area (TPSA) is 44.7 Å². The summed E-state index contributed by atoms with van der Waals surface area (Å²) < 4.78 is 5.05. The summed E-state index contributed by atoms with van der Waals surface area (Å²) in [5, 5.41) is 13.2. The van der Waals surface area contributed by atoms with Crippen molar-refractivity contribution >= 4 is 17.3 Å². The van der Waals surface area contributed by atoms with E-state index < -0.39 is 0 Å². The van der Waals surface area contributed by atoms with Crippen molar-refractivity contribution in [2.24, 2.45) is 5.92 Å². The highest BCUT2D eigenvalue weighted by Gasteiger charge is 2.23. The number of hydrogen-bond acceptors (Lipinski definition) is 4. The largest absolute Gasteiger partial charge is 0.396 e. The maximum atomic E-state index is 9.08. The van der Waals surface area contributed by atoms with Gasteiger partial charge in [-0.15, -0.1) is 0 Å². The highest BCUT2D eigenvalue weighted by molar-refractivity contribution is 6.30. The standard InChI is InChI=1S/C16H25ClN2O2/c1-21-9-6-18-11-14-10-15(17)2-3-16(14)19-7-4-13(12-19)5-8-20/h2-3,10,13,18,20H,4-9,11-12H2,1H3. The molecule has 2 N–H and O–H groups in total. The first kappa shape index (κ1) is 16.6. The molecule has 0 radical (unpaired) electrons. The minimum atomic E-state index is 0.282. The average Bonchev–Trinajstić information content (AvgIpc) is 2.93. The SMILES string of the molecule is COCCNCc1cc(Cl)ccc1N1CCC(CCO)C1. The molecule has 5 heteroatoms. The van der Waals surface area contributed by atoms with Crippen LogP contribution in [-0.4, -0.2) is 45.1 Å². The smallest absolute Gasteiger partial charge is 0.0587 e. The summed E-state index contributed by atoms with van der Waals surface area (Å²) in [7, 11) is 1.71. The lowest BCUT2D eigenvalue weighted by Gasteiger charge is -2.22. The zero-order valence-corrected chi connectivity index (χ0v) is 13.4. The van der Waals surface area contributed by atoms with Crippen LogP contribution in [0.25, 0.3) is 0 Å². The quantitative estimate of drug-likeness (QED) is 0.723. The molecule has 118 valence electrons. The monoisotopic (exact) mass is 312 g/mol. The van der Waals surface area contributed by atoms with E-state index in [4.69, 9.17) is 21.4 Å². The van der Waals surface area contributed by atoms with E-state index in [-0.39, 0.29) is 6.61 Å². The molecule has 0 aromatic heterocycles. The van der Waals surface area contributed by atoms with E-state index in [1.54, 1.807) is 7.11 Å². The van der Waals surface area contributed by atoms with Crippen LogP contribution in [0, 0.1) is 5.92 Å². The third-order valence-electron chi connectivity index (χ3n) is 4.00. The first-order chi connectivity index (χ1) is 10.2. The van der Waals surface area contributed by atoms with Crippen LogP contribution < -0.4 is 10.2 Å². The molecule has 2 rings (SSSR count). The number of nitrogens with one attached hydrogen (secondary N) is 1. The molecule has 1 aromatic carbocycles. The Morgan fingerprint density at radius 3 is 3.10 bits per heavy atom. The predicted octanol–water partition coefficient (Wildman–Crippen LogP) is 2.28. The summed E-state index contributed by atoms with van der Waals surface area (Å²) in [5.41, 5.74) is 2.48. The van der Waals surface area contributed by atoms with Crippen LogP contribution >= 0.6 is 11.6 Å². The molecule has 4 nitrogen and oxygen atoms in total. The zero-order chi connectivity index (χ0) is 15.1. The first-order valence-corrected chi connectivity index (χ1v) is 7.96. The summed E-state index contributed by atoms with van der Waals surface area (Å²) >= 11 is 6.14. The van der Waals surface area contributed by atoms with E-state index in [0.717, 1.165) is 44.0 Å². The molecule has 1 saturated heterocycles. The van der Waals surface area contributed by atoms with E-state index in [1.807, 2.05) is 12.1 Å². The van der Waals surface area contributed by atoms with Crippen molar-refractivity contribution in [2.75, 3.05) is 44.9 Å². The fourth-order valence-corrected chi connectivity index (χ4v) is 3.07. The Morgan fingerprint density at radius 2 is 2.33 bits per heavy atom. The van der Waals surface area contributed by atoms with Crippen molar-refractivity contribution in [1.29, 1.82) is 0 Å². The van der Waals surface area contributed by atoms with Crippen molar-refractivity contribution in [3.05, 3.63) is 28.8 Å². The van der Waals surface area contributed by atoms with Crippen molar-refractivity contribution in [3.8, 4) is 0 Å². The van der Waals surface area contributed by atoms with Crippen molar-refractivity contribution < 1.29 is 9.84 Å². The van der Waals surface area contributed by atoms with E-state index >= 15 is 0 Å². The summed E-state index contributed by atoms with van der Waals surface area (Å²) in [6, 6.07) is 6.10. The van der Waals surface area contributed by atoms with Crippen molar-refractivity contribution in [3.63, 3.8) is 0 Å². The number of hydrogen-bond donors (Lipinski definition) is 2. The average molecular weight is 313 g/mol. The van der Waals surface area contributed by atoms with Gasteiger partial charge in [-0.05, 0) is 42.5 Å². The summed E-state index contributed by atoms with van der Waals surface area (Å²) in [5.74, 6) is 0.597. The number of rotatable bonds is 8. The number of halogens is 1. The lowest BCUT2D eigenvalue weighted by atomic mass is 10.1. The maximum absolute atomic E-state index is 9.08. The molecule has 0 saturated carbocycles. The molecule has 1 atom stereocenters. The van der Waals surface area contributed by atoms with Gasteiger partial charge in [0, 0.05) is 50.6 Å². The minimum Gasteiger partial charge on any atom is -0.396 e. The van der Waals surface area contributed by atoms with Gasteiger partial charge in [0.2, 0.25) is 0 Å². The Morgan fingerprint density at radius 1 is 1.48 bits per heavy atom. The number of ether oxygens (including phenoxy) is 1. The second-order valence-electron chi connectivity index (χ2n) is 5.56. The number of aliphatic hydroxyl groups is 1. The molecule has 0 aliphatic carbocycles. The van der Waals surface area contributed by atoms with Gasteiger partial charge in [-0.3, -0.25) is 0 Å². The molecule has 0 bridgehead atoms. The van der Waals surface area contributed by atoms with Gasteiger partial charge in [-0.2, -0.15) is 0 Å². The molecule has 21 heavy (non-hydrogen) atoms. The third kappa shape index (κ3) is 4.85. The fourth-order valence-electron chi connectivity index (χ4n) is 2.87. The Labute approximate surface area is 132 Å². The fraction of sp³-hybridized carbons (Fsp3) is 0.625. The third-order valence-corrected chi connectivity index (χ3v) is 4.24. The van der Waals surface area contributed by atoms with Crippen LogP contribution in [0.15, 0.2) is 18.2 Å². The van der Waals surface area contributed by atoms with Crippen LogP contribution in [0.4, 0.5) is 5.69 Å². The van der Waals surface area contributed by atoms with Gasteiger partial charge in [-0.25, -0.2) is 0 Å². The Hall–Kier alpha value is -0.810. The molecule has 1 aliphatic heterocycles. The van der Waals surface area contributed by atoms with Gasteiger partial charge in [-0.1, -0.05) is 11.6 Å². The molecule has 0 amide bonds. The van der Waals surface area contributed by atoms with Crippen LogP contribution in [0.3, 0.4) is 0 Å². The summed E-state index contributed by atoms with van der Waals surface area (Å²) in [6.07, 6.45) is 2.05. The van der Waals surface area contributed by atoms with Crippen LogP contribution in [0.5, 0.6) is 0 Å². The summed E-state index contributed by atoms with van der Waals surface area (Å²) in [6.45, 7) is 4.68. The first-order valence-electron chi connectivity index (χ1n) is 7.58. The maximum Gasteiger partial charge on any atom is 0.0587 e. The van der Waals surface area contributed by atoms with Gasteiger partial charge in [0.25, 0.3) is 0 Å². The van der Waals surface area contributed by atoms with E-state index in [1.165, 1.54) is 11.3 Å². The zero-order valence-electron chi connectivity index (χ0n) is 12.6. The van der Waals surface area contributed by atoms with E-state index in [2.05, 4.69) is 16.3 Å². The molecule has 1 fully saturated rings. The molecule has 1 heterocycles. The van der Waals surface area contributed by atoms with Crippen LogP contribution in [0.1, 0.15) is 18.4 Å². The number of benzene rings is 1. The molecule has 1 aliphatic rings. The van der Waals surface area contributed by atoms with Gasteiger partial charge < -0.3 is 20.1 Å². The molecule has 0 spiro atoms. The Kier molecular flexibility index (Phi) is 6.77. The molecular formula is C16H25ClN2O2. The molecule has 1 unspecified atom stereocenters. The van der Waals surface area contributed by atoms with Gasteiger partial charge in [0.05, 0.1) is 6.61 Å². The number of methoxy groups -OCH3 is 1. The van der Waals surface area contributed by atoms with Crippen LogP contribution in [0.2, 0.25) is 5.02 Å². The second kappa shape index (κ2) is 8.59. The lowest BCUT2D eigenvalue weighted by molar-refractivity contribution is 0.199. The Bertz CT molecular complexity index is 442. The normalized spacial score (nSPS) is 18.4. The van der Waals surface area contributed by atoms with Crippen molar-refractivity contribution in [2.45, 2.75) is 19.4 Å². The lowest BCUT2D eigenvalue weighted by Crippen LogP contribution is -2.24. The minimum absolute atomic E-state index is 0.282. The number of aliphatic hydroxyl groups excluding tert-OH is 1. The van der Waals surface area contributed by atoms with E-state index in [9.17, 15) is 0 Å². The highest BCUT2D eigenvalue weighted by Crippen LogP contribution is 2.30. The molecular weight excluding hydrogens is 288 g/mol. The second-order valence-corrected chi connectivity index (χ2v) is 5.99. The van der Waals surface area contributed by atoms with E-state index in [0.29, 0.717) is 12.5 Å². The van der Waals surface area contributed by atoms with Gasteiger partial charge >= 0.3 is 0 Å². The Balaban J connectivity index is 2.01. The predicted molar refractivity (Wildman–Crippen MR) is 87.1 cm³/mol. The molecule has 1 aromatic rings.